The molecule has 1 aliphatic carbocycles. The first-order valence-corrected chi connectivity index (χ1v) is 6.90. The van der Waals surface area contributed by atoms with E-state index >= 15 is 0 Å². The molecular weight excluding hydrogens is 208 g/mol. The molecule has 1 aliphatic rings. The summed E-state index contributed by atoms with van der Waals surface area (Å²) in [5.74, 6) is 1.80. The molecule has 0 fully saturated rings. The third-order valence-corrected chi connectivity index (χ3v) is 3.50. The van der Waals surface area contributed by atoms with E-state index in [0.29, 0.717) is 5.92 Å². The number of aromatic nitrogens is 1. The van der Waals surface area contributed by atoms with Crippen molar-refractivity contribution < 1.29 is 0 Å². The van der Waals surface area contributed by atoms with Gasteiger partial charge < -0.3 is 5.32 Å². The van der Waals surface area contributed by atoms with Gasteiger partial charge >= 0.3 is 0 Å². The molecule has 0 amide bonds. The van der Waals surface area contributed by atoms with Crippen molar-refractivity contribution in [3.63, 3.8) is 0 Å². The maximum Gasteiger partial charge on any atom is 0.129 e. The molecule has 0 aliphatic heterocycles. The lowest BCUT2D eigenvalue weighted by atomic mass is 10.00. The van der Waals surface area contributed by atoms with Crippen LogP contribution in [0.2, 0.25) is 0 Å². The summed E-state index contributed by atoms with van der Waals surface area (Å²) >= 11 is 0. The number of hydrogen-bond acceptors (Lipinski definition) is 2. The smallest absolute Gasteiger partial charge is 0.129 e. The Bertz CT molecular complexity index is 383. The van der Waals surface area contributed by atoms with Gasteiger partial charge in [-0.05, 0) is 55.2 Å². The van der Waals surface area contributed by atoms with Crippen molar-refractivity contribution >= 4 is 5.82 Å². The SMILES string of the molecule is CNc1nc(CC(C)C)cc2c1CCCCC2. The van der Waals surface area contributed by atoms with Crippen LogP contribution in [0, 0.1) is 5.92 Å². The maximum absolute atomic E-state index is 4.78. The number of aryl methyl sites for hydroxylation is 1. The van der Waals surface area contributed by atoms with Crippen molar-refractivity contribution in [2.75, 3.05) is 12.4 Å². The van der Waals surface area contributed by atoms with E-state index in [9.17, 15) is 0 Å². The highest BCUT2D eigenvalue weighted by Gasteiger charge is 2.14. The number of hydrogen-bond donors (Lipinski definition) is 1. The fourth-order valence-corrected chi connectivity index (χ4v) is 2.71. The minimum absolute atomic E-state index is 0.677. The predicted octanol–water partition coefficient (Wildman–Crippen LogP) is 3.59. The maximum atomic E-state index is 4.78. The van der Waals surface area contributed by atoms with E-state index < -0.39 is 0 Å². The summed E-state index contributed by atoms with van der Waals surface area (Å²) in [7, 11) is 1.99. The lowest BCUT2D eigenvalue weighted by molar-refractivity contribution is 0.634. The van der Waals surface area contributed by atoms with Crippen LogP contribution in [-0.4, -0.2) is 12.0 Å². The van der Waals surface area contributed by atoms with Gasteiger partial charge in [0.05, 0.1) is 0 Å². The molecule has 17 heavy (non-hydrogen) atoms. The monoisotopic (exact) mass is 232 g/mol. The molecular formula is C15H24N2. The molecule has 0 bridgehead atoms. The fraction of sp³-hybridized carbons (Fsp3) is 0.667. The van der Waals surface area contributed by atoms with Crippen LogP contribution in [0.25, 0.3) is 0 Å². The Morgan fingerprint density at radius 2 is 2.00 bits per heavy atom. The van der Waals surface area contributed by atoms with Gasteiger partial charge in [0.2, 0.25) is 0 Å². The van der Waals surface area contributed by atoms with E-state index in [1.165, 1.54) is 48.9 Å². The molecule has 0 spiro atoms. The lowest BCUT2D eigenvalue weighted by Crippen LogP contribution is -2.07. The number of nitrogens with zero attached hydrogens (tertiary/aromatic N) is 1. The van der Waals surface area contributed by atoms with E-state index in [1.807, 2.05) is 7.05 Å². The third kappa shape index (κ3) is 2.99. The molecule has 1 N–H and O–H groups in total. The van der Waals surface area contributed by atoms with Crippen LogP contribution in [-0.2, 0) is 19.3 Å². The van der Waals surface area contributed by atoms with Gasteiger partial charge in [-0.15, -0.1) is 0 Å². The minimum atomic E-state index is 0.677. The number of fused-ring (bicyclic) bond motifs is 1. The summed E-state index contributed by atoms with van der Waals surface area (Å²) in [6.45, 7) is 4.51. The van der Waals surface area contributed by atoms with Gasteiger partial charge in [-0.3, -0.25) is 0 Å². The molecule has 0 saturated heterocycles. The highest BCUT2D eigenvalue weighted by molar-refractivity contribution is 5.50. The van der Waals surface area contributed by atoms with E-state index in [4.69, 9.17) is 4.98 Å². The Hall–Kier alpha value is -1.05. The van der Waals surface area contributed by atoms with Gasteiger partial charge in [0.25, 0.3) is 0 Å². The minimum Gasteiger partial charge on any atom is -0.373 e. The highest BCUT2D eigenvalue weighted by Crippen LogP contribution is 2.27. The zero-order valence-corrected chi connectivity index (χ0v) is 11.3. The first-order valence-electron chi connectivity index (χ1n) is 6.90. The number of rotatable bonds is 3. The van der Waals surface area contributed by atoms with Crippen molar-refractivity contribution in [2.45, 2.75) is 52.4 Å². The second-order valence-corrected chi connectivity index (χ2v) is 5.51. The van der Waals surface area contributed by atoms with Gasteiger partial charge in [0.15, 0.2) is 0 Å². The van der Waals surface area contributed by atoms with Crippen LogP contribution in [0.3, 0.4) is 0 Å². The average molecular weight is 232 g/mol. The van der Waals surface area contributed by atoms with Crippen molar-refractivity contribution in [2.24, 2.45) is 5.92 Å². The normalized spacial score (nSPS) is 15.5. The molecule has 1 aromatic heterocycles. The van der Waals surface area contributed by atoms with E-state index in [2.05, 4.69) is 25.2 Å². The Morgan fingerprint density at radius 3 is 2.71 bits per heavy atom. The highest BCUT2D eigenvalue weighted by atomic mass is 15.0. The molecule has 2 nitrogen and oxygen atoms in total. The molecule has 2 rings (SSSR count). The van der Waals surface area contributed by atoms with Gasteiger partial charge in [-0.1, -0.05) is 20.3 Å². The first-order chi connectivity index (χ1) is 8.20. The predicted molar refractivity (Wildman–Crippen MR) is 73.6 cm³/mol. The Labute approximate surface area is 105 Å². The van der Waals surface area contributed by atoms with Crippen LogP contribution in [0.15, 0.2) is 6.07 Å². The summed E-state index contributed by atoms with van der Waals surface area (Å²) in [4.78, 5) is 4.78. The Balaban J connectivity index is 2.36. The quantitative estimate of drug-likeness (QED) is 0.806. The van der Waals surface area contributed by atoms with Crippen molar-refractivity contribution in [3.05, 3.63) is 22.9 Å². The number of nitrogens with one attached hydrogen (secondary N) is 1. The van der Waals surface area contributed by atoms with Gasteiger partial charge in [0, 0.05) is 12.7 Å². The van der Waals surface area contributed by atoms with Crippen LogP contribution in [0.1, 0.15) is 49.9 Å². The summed E-state index contributed by atoms with van der Waals surface area (Å²) in [6.07, 6.45) is 7.52. The van der Waals surface area contributed by atoms with E-state index in [0.717, 1.165) is 12.2 Å². The van der Waals surface area contributed by atoms with Crippen LogP contribution in [0.4, 0.5) is 5.82 Å². The van der Waals surface area contributed by atoms with E-state index in [1.54, 1.807) is 0 Å². The van der Waals surface area contributed by atoms with Crippen LogP contribution >= 0.6 is 0 Å². The molecule has 0 unspecified atom stereocenters. The number of anilines is 1. The third-order valence-electron chi connectivity index (χ3n) is 3.50. The largest absolute Gasteiger partial charge is 0.373 e. The molecule has 0 aromatic carbocycles. The molecule has 1 aromatic rings. The topological polar surface area (TPSA) is 24.9 Å². The zero-order chi connectivity index (χ0) is 12.3. The second-order valence-electron chi connectivity index (χ2n) is 5.51. The average Bonchev–Trinajstić information content (AvgIpc) is 2.52. The standard InChI is InChI=1S/C15H24N2/c1-11(2)9-13-10-12-7-5-4-6-8-14(12)15(16-3)17-13/h10-11H,4-9H2,1-3H3,(H,16,17). The molecule has 0 radical (unpaired) electrons. The Morgan fingerprint density at radius 1 is 1.24 bits per heavy atom. The molecule has 2 heteroatoms. The summed E-state index contributed by atoms with van der Waals surface area (Å²) in [5, 5.41) is 3.29. The molecule has 94 valence electrons. The van der Waals surface area contributed by atoms with Crippen LogP contribution < -0.4 is 5.32 Å². The molecule has 0 atom stereocenters. The van der Waals surface area contributed by atoms with Crippen molar-refractivity contribution in [1.82, 2.24) is 4.98 Å². The summed E-state index contributed by atoms with van der Waals surface area (Å²) < 4.78 is 0. The van der Waals surface area contributed by atoms with E-state index in [-0.39, 0.29) is 0 Å². The zero-order valence-electron chi connectivity index (χ0n) is 11.3. The molecule has 0 saturated carbocycles. The van der Waals surface area contributed by atoms with Crippen molar-refractivity contribution in [1.29, 1.82) is 0 Å². The summed E-state index contributed by atoms with van der Waals surface area (Å²) in [6, 6.07) is 2.35. The number of pyridine rings is 1. The van der Waals surface area contributed by atoms with Gasteiger partial charge in [0.1, 0.15) is 5.82 Å². The van der Waals surface area contributed by atoms with Gasteiger partial charge in [-0.25, -0.2) is 4.98 Å². The first kappa shape index (κ1) is 12.4. The second kappa shape index (κ2) is 5.52. The van der Waals surface area contributed by atoms with Crippen molar-refractivity contribution in [3.8, 4) is 0 Å². The lowest BCUT2D eigenvalue weighted by Gasteiger charge is -2.14. The summed E-state index contributed by atoms with van der Waals surface area (Å²) in [5.41, 5.74) is 4.26. The molecule has 1 heterocycles. The Kier molecular flexibility index (Phi) is 4.03. The van der Waals surface area contributed by atoms with Gasteiger partial charge in [-0.2, -0.15) is 0 Å². The van der Waals surface area contributed by atoms with Crippen LogP contribution in [0.5, 0.6) is 0 Å². The fourth-order valence-electron chi connectivity index (χ4n) is 2.71.